The van der Waals surface area contributed by atoms with Crippen molar-refractivity contribution in [3.8, 4) is 0 Å². The first-order valence-corrected chi connectivity index (χ1v) is 8.30. The van der Waals surface area contributed by atoms with Crippen LogP contribution in [0.1, 0.15) is 27.2 Å². The van der Waals surface area contributed by atoms with Crippen LogP contribution in [0.4, 0.5) is 4.79 Å². The zero-order valence-electron chi connectivity index (χ0n) is 12.6. The summed E-state index contributed by atoms with van der Waals surface area (Å²) in [6.45, 7) is 6.76. The van der Waals surface area contributed by atoms with Gasteiger partial charge in [0.05, 0.1) is 10.8 Å². The summed E-state index contributed by atoms with van der Waals surface area (Å²) in [4.78, 5) is 21.7. The molecule has 21 heavy (non-hydrogen) atoms. The van der Waals surface area contributed by atoms with Crippen LogP contribution in [0.5, 0.6) is 0 Å². The molecule has 1 aliphatic rings. The molecule has 0 spiro atoms. The summed E-state index contributed by atoms with van der Waals surface area (Å²) in [5.74, 6) is 0.672. The Bertz CT molecular complexity index is 516. The average molecular weight is 311 g/mol. The maximum atomic E-state index is 12.2. The molecule has 0 aromatic carbocycles. The smallest absolute Gasteiger partial charge is 0.410 e. The Morgan fingerprint density at radius 2 is 2.10 bits per heavy atom. The molecule has 2 heterocycles. The largest absolute Gasteiger partial charge is 0.444 e. The van der Waals surface area contributed by atoms with E-state index >= 15 is 0 Å². The van der Waals surface area contributed by atoms with Crippen molar-refractivity contribution in [2.24, 2.45) is 5.92 Å². The number of aromatic nitrogens is 2. The molecule has 2 atom stereocenters. The SMILES string of the molecule is CC(C)(C)OC(=O)N1CC[C@@H](C[S@@](=O)c2ncccn2)C1. The minimum Gasteiger partial charge on any atom is -0.444 e. The van der Waals surface area contributed by atoms with Crippen LogP contribution in [-0.2, 0) is 15.5 Å². The predicted molar refractivity (Wildman–Crippen MR) is 79.2 cm³/mol. The first kappa shape index (κ1) is 15.9. The van der Waals surface area contributed by atoms with Crippen molar-refractivity contribution in [2.75, 3.05) is 18.8 Å². The number of hydrogen-bond donors (Lipinski definition) is 0. The van der Waals surface area contributed by atoms with Gasteiger partial charge in [-0.15, -0.1) is 0 Å². The third-order valence-electron chi connectivity index (χ3n) is 3.07. The molecule has 6 nitrogen and oxygen atoms in total. The zero-order valence-corrected chi connectivity index (χ0v) is 13.4. The minimum absolute atomic E-state index is 0.196. The monoisotopic (exact) mass is 311 g/mol. The number of ether oxygens (including phenoxy) is 1. The van der Waals surface area contributed by atoms with Crippen LogP contribution in [-0.4, -0.2) is 49.6 Å². The molecule has 1 aliphatic heterocycles. The minimum atomic E-state index is -1.22. The van der Waals surface area contributed by atoms with Gasteiger partial charge >= 0.3 is 6.09 Å². The molecule has 1 aromatic heterocycles. The van der Waals surface area contributed by atoms with Crippen LogP contribution in [0.25, 0.3) is 0 Å². The van der Waals surface area contributed by atoms with Crippen molar-refractivity contribution in [3.05, 3.63) is 18.5 Å². The van der Waals surface area contributed by atoms with Crippen LogP contribution in [0.2, 0.25) is 0 Å². The quantitative estimate of drug-likeness (QED) is 0.797. The second-order valence-electron chi connectivity index (χ2n) is 6.12. The second-order valence-corrected chi connectivity index (χ2v) is 7.51. The van der Waals surface area contributed by atoms with Crippen molar-refractivity contribution < 1.29 is 13.7 Å². The molecular weight excluding hydrogens is 290 g/mol. The average Bonchev–Trinajstić information content (AvgIpc) is 2.86. The van der Waals surface area contributed by atoms with E-state index in [-0.39, 0.29) is 12.0 Å². The number of carbonyl (C=O) groups is 1. The van der Waals surface area contributed by atoms with Gasteiger partial charge in [-0.05, 0) is 39.2 Å². The number of likely N-dealkylation sites (tertiary alicyclic amines) is 1. The number of hydrogen-bond acceptors (Lipinski definition) is 5. The molecule has 0 saturated carbocycles. The van der Waals surface area contributed by atoms with Crippen LogP contribution >= 0.6 is 0 Å². The zero-order chi connectivity index (χ0) is 15.5. The summed E-state index contributed by atoms with van der Waals surface area (Å²) >= 11 is 0. The lowest BCUT2D eigenvalue weighted by Crippen LogP contribution is -2.35. The highest BCUT2D eigenvalue weighted by Crippen LogP contribution is 2.21. The molecule has 0 bridgehead atoms. The van der Waals surface area contributed by atoms with Crippen molar-refractivity contribution in [1.82, 2.24) is 14.9 Å². The first-order chi connectivity index (χ1) is 9.85. The summed E-state index contributed by atoms with van der Waals surface area (Å²) < 4.78 is 17.5. The fraction of sp³-hybridized carbons (Fsp3) is 0.643. The number of rotatable bonds is 3. The molecule has 7 heteroatoms. The Balaban J connectivity index is 1.86. The lowest BCUT2D eigenvalue weighted by molar-refractivity contribution is 0.0289. The highest BCUT2D eigenvalue weighted by atomic mass is 32.2. The Hall–Kier alpha value is -1.50. The molecule has 0 unspecified atom stereocenters. The Labute approximate surface area is 127 Å². The molecule has 1 amide bonds. The molecule has 116 valence electrons. The van der Waals surface area contributed by atoms with Gasteiger partial charge in [-0.1, -0.05) is 0 Å². The summed E-state index contributed by atoms with van der Waals surface area (Å²) in [7, 11) is -1.22. The van der Waals surface area contributed by atoms with Crippen molar-refractivity contribution >= 4 is 16.9 Å². The number of amides is 1. The number of carbonyl (C=O) groups excluding carboxylic acids is 1. The van der Waals surface area contributed by atoms with Gasteiger partial charge in [-0.2, -0.15) is 0 Å². The van der Waals surface area contributed by atoms with E-state index in [2.05, 4.69) is 9.97 Å². The lowest BCUT2D eigenvalue weighted by atomic mass is 10.2. The van der Waals surface area contributed by atoms with E-state index in [0.717, 1.165) is 6.42 Å². The molecule has 2 rings (SSSR count). The van der Waals surface area contributed by atoms with Crippen LogP contribution in [0.3, 0.4) is 0 Å². The summed E-state index contributed by atoms with van der Waals surface area (Å²) in [5, 5.41) is 0.355. The molecule has 1 aromatic rings. The summed E-state index contributed by atoms with van der Waals surface area (Å²) in [6, 6.07) is 1.69. The standard InChI is InChI=1S/C14H21N3O3S/c1-14(2,3)20-13(18)17-8-5-11(9-17)10-21(19)12-15-6-4-7-16-12/h4,6-7,11H,5,8-10H2,1-3H3/t11-,21-/m1/s1. The molecule has 0 radical (unpaired) electrons. The molecular formula is C14H21N3O3S. The maximum absolute atomic E-state index is 12.2. The third-order valence-corrected chi connectivity index (χ3v) is 4.46. The Morgan fingerprint density at radius 3 is 2.71 bits per heavy atom. The van der Waals surface area contributed by atoms with E-state index in [9.17, 15) is 9.00 Å². The van der Waals surface area contributed by atoms with E-state index in [4.69, 9.17) is 4.74 Å². The Morgan fingerprint density at radius 1 is 1.43 bits per heavy atom. The molecule has 0 N–H and O–H groups in total. The summed E-state index contributed by atoms with van der Waals surface area (Å²) in [6.07, 6.45) is 3.70. The predicted octanol–water partition coefficient (Wildman–Crippen LogP) is 1.84. The highest BCUT2D eigenvalue weighted by Gasteiger charge is 2.31. The molecule has 1 fully saturated rings. The van der Waals surface area contributed by atoms with Gasteiger partial charge in [0.15, 0.2) is 0 Å². The van der Waals surface area contributed by atoms with Gasteiger partial charge in [-0.3, -0.25) is 4.21 Å². The fourth-order valence-electron chi connectivity index (χ4n) is 2.15. The highest BCUT2D eigenvalue weighted by molar-refractivity contribution is 7.84. The van der Waals surface area contributed by atoms with Gasteiger partial charge in [0, 0.05) is 31.2 Å². The maximum Gasteiger partial charge on any atom is 0.410 e. The van der Waals surface area contributed by atoms with Gasteiger partial charge in [0.1, 0.15) is 5.60 Å². The van der Waals surface area contributed by atoms with E-state index < -0.39 is 16.4 Å². The first-order valence-electron chi connectivity index (χ1n) is 6.98. The van der Waals surface area contributed by atoms with Crippen molar-refractivity contribution in [2.45, 2.75) is 37.9 Å². The fourth-order valence-corrected chi connectivity index (χ4v) is 3.36. The van der Waals surface area contributed by atoms with E-state index in [0.29, 0.717) is 24.0 Å². The van der Waals surface area contributed by atoms with Crippen LogP contribution in [0.15, 0.2) is 23.6 Å². The van der Waals surface area contributed by atoms with Gasteiger partial charge in [0.25, 0.3) is 0 Å². The summed E-state index contributed by atoms with van der Waals surface area (Å²) in [5.41, 5.74) is -0.490. The van der Waals surface area contributed by atoms with E-state index in [1.54, 1.807) is 23.4 Å². The second kappa shape index (κ2) is 6.51. The van der Waals surface area contributed by atoms with E-state index in [1.807, 2.05) is 20.8 Å². The third kappa shape index (κ3) is 4.77. The van der Waals surface area contributed by atoms with Gasteiger partial charge in [0.2, 0.25) is 5.16 Å². The molecule has 0 aliphatic carbocycles. The van der Waals surface area contributed by atoms with Crippen molar-refractivity contribution in [1.29, 1.82) is 0 Å². The van der Waals surface area contributed by atoms with Crippen LogP contribution in [0, 0.1) is 5.92 Å². The number of nitrogens with zero attached hydrogens (tertiary/aromatic N) is 3. The van der Waals surface area contributed by atoms with E-state index in [1.165, 1.54) is 0 Å². The van der Waals surface area contributed by atoms with Crippen LogP contribution < -0.4 is 0 Å². The topological polar surface area (TPSA) is 72.4 Å². The van der Waals surface area contributed by atoms with Crippen molar-refractivity contribution in [3.63, 3.8) is 0 Å². The van der Waals surface area contributed by atoms with Gasteiger partial charge < -0.3 is 9.64 Å². The van der Waals surface area contributed by atoms with Gasteiger partial charge in [-0.25, -0.2) is 14.8 Å². The Kier molecular flexibility index (Phi) is 4.92. The molecule has 1 saturated heterocycles. The normalized spacial score (nSPS) is 20.3. The lowest BCUT2D eigenvalue weighted by Gasteiger charge is -2.24.